The third kappa shape index (κ3) is 5.51. The second-order valence-electron chi connectivity index (χ2n) is 16.7. The Kier molecular flexibility index (Phi) is 7.59. The lowest BCUT2D eigenvalue weighted by Crippen LogP contribution is -2.04. The number of aromatic nitrogens is 4. The van der Waals surface area contributed by atoms with E-state index < -0.39 is 0 Å². The van der Waals surface area contributed by atoms with Gasteiger partial charge in [-0.25, -0.2) is 15.0 Å². The van der Waals surface area contributed by atoms with Crippen LogP contribution in [-0.2, 0) is 0 Å². The van der Waals surface area contributed by atoms with Gasteiger partial charge in [0.1, 0.15) is 22.3 Å². The highest BCUT2D eigenvalue weighted by Crippen LogP contribution is 2.45. The molecule has 0 saturated heterocycles. The molecule has 0 aliphatic heterocycles. The zero-order chi connectivity index (χ0) is 42.6. The van der Waals surface area contributed by atoms with Gasteiger partial charge in [-0.2, -0.15) is 0 Å². The highest BCUT2D eigenvalue weighted by atomic mass is 16.3. The Balaban J connectivity index is 1.13. The monoisotopic (exact) mass is 830 g/mol. The molecule has 0 amide bonds. The quantitative estimate of drug-likeness (QED) is 0.173. The van der Waals surface area contributed by atoms with E-state index in [1.54, 1.807) is 0 Å². The molecule has 65 heavy (non-hydrogen) atoms. The Morgan fingerprint density at radius 3 is 1.63 bits per heavy atom. The lowest BCUT2D eigenvalue weighted by molar-refractivity contribution is 0.668. The maximum absolute atomic E-state index is 6.67. The Labute approximate surface area is 371 Å². The topological polar surface area (TPSA) is 69.9 Å². The zero-order valence-corrected chi connectivity index (χ0v) is 34.7. The fourth-order valence-corrected chi connectivity index (χ4v) is 9.99. The van der Waals surface area contributed by atoms with Crippen LogP contribution in [0.5, 0.6) is 0 Å². The van der Waals surface area contributed by atoms with E-state index in [2.05, 4.69) is 168 Å². The highest BCUT2D eigenvalue weighted by Gasteiger charge is 2.26. The number of hydrogen-bond acceptors (Lipinski definition) is 5. The average Bonchev–Trinajstić information content (AvgIpc) is 4.04. The van der Waals surface area contributed by atoms with Crippen molar-refractivity contribution in [3.63, 3.8) is 0 Å². The molecule has 10 aromatic carbocycles. The smallest absolute Gasteiger partial charge is 0.167 e. The van der Waals surface area contributed by atoms with E-state index in [0.717, 1.165) is 99.2 Å². The van der Waals surface area contributed by atoms with Gasteiger partial charge in [0.2, 0.25) is 0 Å². The fourth-order valence-electron chi connectivity index (χ4n) is 9.99. The van der Waals surface area contributed by atoms with Crippen LogP contribution in [0.4, 0.5) is 0 Å². The number of rotatable bonds is 5. The summed E-state index contributed by atoms with van der Waals surface area (Å²) in [5.74, 6) is 1.58. The van der Waals surface area contributed by atoms with E-state index in [1.807, 2.05) is 42.5 Å². The van der Waals surface area contributed by atoms with Gasteiger partial charge in [-0.1, -0.05) is 146 Å². The van der Waals surface area contributed by atoms with Gasteiger partial charge in [0, 0.05) is 37.9 Å². The van der Waals surface area contributed by atoms with Crippen LogP contribution in [0.1, 0.15) is 0 Å². The lowest BCUT2D eigenvalue weighted by Gasteiger charge is -2.16. The summed E-state index contributed by atoms with van der Waals surface area (Å²) in [4.78, 5) is 16.4. The van der Waals surface area contributed by atoms with E-state index in [9.17, 15) is 0 Å². The summed E-state index contributed by atoms with van der Waals surface area (Å²) in [6.45, 7) is 0. The number of benzene rings is 10. The standard InChI is InChI=1S/C59H34N4O2/c1-2-14-35(15-3-1)36-20-12-21-41(30-36)57-60-58(45-25-13-24-43-42-22-8-10-26-51(42)65-56(43)45)62-59(61-57)55-48(28-29-53-54(55)44-23-9-11-27-52(44)64-53)63-49-33-39-18-6-4-16-37(39)31-46(49)47-32-38-17-5-7-19-40(38)34-50(47)63/h1-34H. The molecule has 0 fully saturated rings. The van der Waals surface area contributed by atoms with Crippen molar-refractivity contribution in [3.8, 4) is 51.0 Å². The molecule has 0 bridgehead atoms. The van der Waals surface area contributed by atoms with Crippen molar-refractivity contribution in [3.05, 3.63) is 206 Å². The number of fused-ring (bicyclic) bond motifs is 11. The van der Waals surface area contributed by atoms with E-state index in [1.165, 1.54) is 21.5 Å². The molecule has 0 aliphatic carbocycles. The minimum atomic E-state index is 0.509. The van der Waals surface area contributed by atoms with E-state index in [4.69, 9.17) is 23.8 Å². The van der Waals surface area contributed by atoms with Gasteiger partial charge >= 0.3 is 0 Å². The maximum Gasteiger partial charge on any atom is 0.167 e. The van der Waals surface area contributed by atoms with Crippen molar-refractivity contribution in [1.29, 1.82) is 0 Å². The van der Waals surface area contributed by atoms with Crippen LogP contribution in [0.15, 0.2) is 215 Å². The zero-order valence-electron chi connectivity index (χ0n) is 34.7. The molecular formula is C59H34N4O2. The van der Waals surface area contributed by atoms with Crippen LogP contribution in [-0.4, -0.2) is 19.5 Å². The van der Waals surface area contributed by atoms with Gasteiger partial charge in [0.25, 0.3) is 0 Å². The molecule has 0 unspecified atom stereocenters. The molecule has 6 nitrogen and oxygen atoms in total. The molecule has 0 saturated carbocycles. The van der Waals surface area contributed by atoms with Crippen LogP contribution in [0.25, 0.3) is 138 Å². The Bertz CT molecular complexity index is 4160. The van der Waals surface area contributed by atoms with Gasteiger partial charge in [0.05, 0.1) is 27.8 Å². The number of para-hydroxylation sites is 3. The van der Waals surface area contributed by atoms with Crippen LogP contribution >= 0.6 is 0 Å². The molecule has 302 valence electrons. The summed E-state index contributed by atoms with van der Waals surface area (Å²) in [7, 11) is 0. The first-order valence-corrected chi connectivity index (χ1v) is 21.8. The third-order valence-electron chi connectivity index (χ3n) is 13.0. The van der Waals surface area contributed by atoms with Crippen LogP contribution < -0.4 is 0 Å². The molecule has 4 aromatic heterocycles. The van der Waals surface area contributed by atoms with Crippen molar-refractivity contribution in [1.82, 2.24) is 19.5 Å². The van der Waals surface area contributed by atoms with Gasteiger partial charge in [-0.3, -0.25) is 0 Å². The Hall–Kier alpha value is -8.87. The molecule has 0 N–H and O–H groups in total. The van der Waals surface area contributed by atoms with E-state index >= 15 is 0 Å². The first-order valence-electron chi connectivity index (χ1n) is 21.8. The first kappa shape index (κ1) is 35.7. The first-order chi connectivity index (χ1) is 32.2. The Morgan fingerprint density at radius 1 is 0.338 bits per heavy atom. The van der Waals surface area contributed by atoms with E-state index in [0.29, 0.717) is 17.5 Å². The fraction of sp³-hybridized carbons (Fsp3) is 0. The minimum Gasteiger partial charge on any atom is -0.456 e. The van der Waals surface area contributed by atoms with Gasteiger partial charge < -0.3 is 13.4 Å². The van der Waals surface area contributed by atoms with Crippen molar-refractivity contribution >= 4 is 87.2 Å². The summed E-state index contributed by atoms with van der Waals surface area (Å²) in [5, 5.41) is 11.0. The number of nitrogens with zero attached hydrogens (tertiary/aromatic N) is 4. The summed E-state index contributed by atoms with van der Waals surface area (Å²) in [6.07, 6.45) is 0. The molecule has 0 aliphatic rings. The van der Waals surface area contributed by atoms with Gasteiger partial charge in [-0.15, -0.1) is 0 Å². The van der Waals surface area contributed by atoms with Gasteiger partial charge in [0.15, 0.2) is 17.5 Å². The van der Waals surface area contributed by atoms with Crippen LogP contribution in [0, 0.1) is 0 Å². The molecule has 6 heteroatoms. The van der Waals surface area contributed by atoms with Crippen molar-refractivity contribution in [2.75, 3.05) is 0 Å². The summed E-state index contributed by atoms with van der Waals surface area (Å²) < 4.78 is 15.7. The van der Waals surface area contributed by atoms with E-state index in [-0.39, 0.29) is 0 Å². The summed E-state index contributed by atoms with van der Waals surface area (Å²) in [5.41, 5.74) is 10.8. The average molecular weight is 831 g/mol. The number of furan rings is 2. The SMILES string of the molecule is c1ccc(-c2cccc(-c3nc(-c4cccc5c4oc4ccccc45)nc(-c4c(-n5c6cc7ccccc7cc6c6cc7ccccc7cc65)ccc5oc6ccccc6c45)n3)c2)cc1. The lowest BCUT2D eigenvalue weighted by atomic mass is 10.0. The minimum absolute atomic E-state index is 0.509. The predicted octanol–water partition coefficient (Wildman–Crippen LogP) is 15.7. The second kappa shape index (κ2) is 13.8. The Morgan fingerprint density at radius 2 is 0.892 bits per heavy atom. The highest BCUT2D eigenvalue weighted by molar-refractivity contribution is 6.19. The maximum atomic E-state index is 6.67. The number of hydrogen-bond donors (Lipinski definition) is 0. The second-order valence-corrected chi connectivity index (χ2v) is 16.7. The molecule has 0 atom stereocenters. The van der Waals surface area contributed by atoms with Gasteiger partial charge in [-0.05, 0) is 93.3 Å². The van der Waals surface area contributed by atoms with Crippen molar-refractivity contribution in [2.24, 2.45) is 0 Å². The predicted molar refractivity (Wildman–Crippen MR) is 265 cm³/mol. The molecular weight excluding hydrogens is 797 g/mol. The summed E-state index contributed by atoms with van der Waals surface area (Å²) in [6, 6.07) is 72.2. The third-order valence-corrected chi connectivity index (χ3v) is 13.0. The summed E-state index contributed by atoms with van der Waals surface area (Å²) >= 11 is 0. The molecule has 4 heterocycles. The van der Waals surface area contributed by atoms with Crippen LogP contribution in [0.2, 0.25) is 0 Å². The molecule has 14 rings (SSSR count). The van der Waals surface area contributed by atoms with Crippen LogP contribution in [0.3, 0.4) is 0 Å². The van der Waals surface area contributed by atoms with Crippen molar-refractivity contribution in [2.45, 2.75) is 0 Å². The molecule has 14 aromatic rings. The largest absolute Gasteiger partial charge is 0.456 e. The molecule has 0 spiro atoms. The normalized spacial score (nSPS) is 12.0. The molecule has 0 radical (unpaired) electrons. The van der Waals surface area contributed by atoms with Crippen molar-refractivity contribution < 1.29 is 8.83 Å².